The van der Waals surface area contributed by atoms with E-state index in [0.717, 1.165) is 13.2 Å². The van der Waals surface area contributed by atoms with Crippen LogP contribution in [0.5, 0.6) is 0 Å². The minimum Gasteiger partial charge on any atom is -0.327 e. The Morgan fingerprint density at radius 2 is 1.85 bits per heavy atom. The summed E-state index contributed by atoms with van der Waals surface area (Å²) in [6, 6.07) is 0. The van der Waals surface area contributed by atoms with Gasteiger partial charge in [-0.2, -0.15) is 0 Å². The van der Waals surface area contributed by atoms with Crippen LogP contribution in [0, 0.1) is 10.2 Å². The van der Waals surface area contributed by atoms with E-state index in [9.17, 15) is 0 Å². The molecule has 0 aromatic heterocycles. The fraction of sp³-hybridized carbons (Fsp3) is 0.667. The van der Waals surface area contributed by atoms with Crippen molar-refractivity contribution in [2.24, 2.45) is 0 Å². The van der Waals surface area contributed by atoms with Gasteiger partial charge in [0, 0.05) is 6.54 Å². The summed E-state index contributed by atoms with van der Waals surface area (Å²) in [4.78, 5) is 3.75. The molecular weight excluding hydrogens is 200 g/mol. The van der Waals surface area contributed by atoms with Crippen LogP contribution in [0.15, 0.2) is 12.4 Å². The number of hydrogen-bond donors (Lipinski definition) is 1. The number of hydrogen-bond acceptors (Lipinski definition) is 5. The van der Waals surface area contributed by atoms with Crippen LogP contribution in [-0.2, 0) is 0 Å². The van der Waals surface area contributed by atoms with Gasteiger partial charge in [0.2, 0.25) is 0 Å². The molecule has 1 aliphatic rings. The normalized spacial score (nSPS) is 21.4. The molecule has 0 amide bonds. The Morgan fingerprint density at radius 3 is 2.00 bits per heavy atom. The molecule has 0 saturated heterocycles. The number of nitrogens with one attached hydrogen (secondary N) is 1. The predicted molar refractivity (Wildman–Crippen MR) is 33.3 cm³/mol. The molecule has 0 aromatic carbocycles. The molecule has 1 aliphatic heterocycles. The molecule has 1 rings (SSSR count). The molecule has 0 radical (unpaired) electrons. The highest BCUT2D eigenvalue weighted by Crippen LogP contribution is 1.86. The Balaban J connectivity index is 0.000000252. The maximum absolute atomic E-state index is 8.49. The van der Waals surface area contributed by atoms with Crippen LogP contribution < -0.4 is 23.5 Å². The summed E-state index contributed by atoms with van der Waals surface area (Å²) in [6.45, 7) is 4.44. The molecule has 0 aliphatic carbocycles. The topological polar surface area (TPSA) is 99.9 Å². The monoisotopic (exact) mass is 212 g/mol. The molecule has 0 saturated carbocycles. The number of halogens is 1. The van der Waals surface area contributed by atoms with Crippen molar-refractivity contribution in [3.63, 3.8) is 0 Å². The van der Waals surface area contributed by atoms with E-state index in [1.54, 1.807) is 0 Å². The average molecular weight is 213 g/mol. The molecule has 0 aromatic rings. The van der Waals surface area contributed by atoms with Gasteiger partial charge in [-0.05, 0) is 6.92 Å². The highest BCUT2D eigenvalue weighted by Gasteiger charge is 2.08. The minimum atomic E-state index is -4.94. The lowest BCUT2D eigenvalue weighted by Gasteiger charge is -2.17. The molecule has 6 nitrogen and oxygen atoms in total. The number of rotatable bonds is 1. The number of quaternary nitrogens is 1. The Kier molecular flexibility index (Phi) is 5.23. The van der Waals surface area contributed by atoms with Crippen molar-refractivity contribution in [1.29, 1.82) is 0 Å². The largest absolute Gasteiger partial charge is 0.327 e. The third-order valence-corrected chi connectivity index (χ3v) is 1.43. The lowest BCUT2D eigenvalue weighted by atomic mass is 10.6. The number of nitrogens with zero attached hydrogens (tertiary/aromatic N) is 1. The molecular formula is C6H13ClN2O4. The van der Waals surface area contributed by atoms with E-state index < -0.39 is 10.2 Å². The van der Waals surface area contributed by atoms with Gasteiger partial charge in [0.1, 0.15) is 6.20 Å². The second-order valence-corrected chi connectivity index (χ2v) is 3.36. The van der Waals surface area contributed by atoms with E-state index in [1.165, 1.54) is 4.90 Å². The zero-order chi connectivity index (χ0) is 10.5. The van der Waals surface area contributed by atoms with Crippen molar-refractivity contribution >= 4 is 0 Å². The van der Waals surface area contributed by atoms with Crippen LogP contribution in [0.2, 0.25) is 0 Å². The maximum Gasteiger partial charge on any atom is 0.156 e. The van der Waals surface area contributed by atoms with Gasteiger partial charge in [-0.25, -0.2) is 18.6 Å². The molecule has 1 heterocycles. The Labute approximate surface area is 79.0 Å². The summed E-state index contributed by atoms with van der Waals surface area (Å²) in [5.41, 5.74) is 0. The van der Waals surface area contributed by atoms with Crippen LogP contribution in [0.25, 0.3) is 0 Å². The Bertz CT molecular complexity index is 165. The fourth-order valence-corrected chi connectivity index (χ4v) is 0.876. The lowest BCUT2D eigenvalue weighted by molar-refractivity contribution is -2.00. The first-order valence-corrected chi connectivity index (χ1v) is 4.92. The third-order valence-electron chi connectivity index (χ3n) is 1.43. The first-order valence-electron chi connectivity index (χ1n) is 3.69. The van der Waals surface area contributed by atoms with Crippen LogP contribution in [0.1, 0.15) is 6.92 Å². The quantitative estimate of drug-likeness (QED) is 0.468. The van der Waals surface area contributed by atoms with Gasteiger partial charge >= 0.3 is 0 Å². The van der Waals surface area contributed by atoms with Crippen molar-refractivity contribution in [2.75, 3.05) is 20.3 Å². The van der Waals surface area contributed by atoms with Crippen LogP contribution in [0.3, 0.4) is 0 Å². The summed E-state index contributed by atoms with van der Waals surface area (Å²) in [7, 11) is -2.79. The molecule has 1 unspecified atom stereocenters. The molecule has 13 heavy (non-hydrogen) atoms. The highest BCUT2D eigenvalue weighted by atomic mass is 35.7. The molecule has 0 bridgehead atoms. The van der Waals surface area contributed by atoms with Crippen LogP contribution in [0.4, 0.5) is 0 Å². The highest BCUT2D eigenvalue weighted by molar-refractivity contribution is 4.75. The van der Waals surface area contributed by atoms with Crippen molar-refractivity contribution in [3.05, 3.63) is 12.4 Å². The zero-order valence-electron chi connectivity index (χ0n) is 7.53. The second kappa shape index (κ2) is 5.38. The summed E-state index contributed by atoms with van der Waals surface area (Å²) < 4.78 is 34.0. The van der Waals surface area contributed by atoms with Crippen LogP contribution in [-0.4, -0.2) is 25.2 Å². The lowest BCUT2D eigenvalue weighted by Crippen LogP contribution is -3.03. The van der Waals surface area contributed by atoms with E-state index in [1.807, 2.05) is 0 Å². The van der Waals surface area contributed by atoms with E-state index >= 15 is 0 Å². The minimum absolute atomic E-state index is 1.13. The second-order valence-electron chi connectivity index (χ2n) is 2.60. The van der Waals surface area contributed by atoms with E-state index in [2.05, 4.69) is 31.3 Å². The summed E-state index contributed by atoms with van der Waals surface area (Å²) in [5.74, 6) is 0. The molecule has 0 fully saturated rings. The van der Waals surface area contributed by atoms with Gasteiger partial charge in [0.25, 0.3) is 0 Å². The molecule has 1 atom stereocenters. The van der Waals surface area contributed by atoms with Gasteiger partial charge in [-0.3, -0.25) is 4.90 Å². The molecule has 78 valence electrons. The van der Waals surface area contributed by atoms with Gasteiger partial charge < -0.3 is 4.90 Å². The van der Waals surface area contributed by atoms with E-state index in [0.29, 0.717) is 0 Å². The van der Waals surface area contributed by atoms with E-state index in [4.69, 9.17) is 18.6 Å². The Hall–Kier alpha value is -0.370. The van der Waals surface area contributed by atoms with E-state index in [-0.39, 0.29) is 0 Å². The first kappa shape index (κ1) is 12.6. The smallest absolute Gasteiger partial charge is 0.156 e. The predicted octanol–water partition coefficient (Wildman–Crippen LogP) is -5.49. The van der Waals surface area contributed by atoms with Crippen LogP contribution >= 0.6 is 0 Å². The zero-order valence-corrected chi connectivity index (χ0v) is 8.28. The molecule has 0 spiro atoms. The van der Waals surface area contributed by atoms with Gasteiger partial charge in [0.05, 0.1) is 13.2 Å². The van der Waals surface area contributed by atoms with Crippen molar-refractivity contribution in [2.45, 2.75) is 6.92 Å². The third kappa shape index (κ3) is 9.54. The summed E-state index contributed by atoms with van der Waals surface area (Å²) in [6.07, 6.45) is 4.32. The SMILES string of the molecule is CCN1C=C[NH+](C)C1.[O-][Cl+3]([O-])([O-])[O-]. The van der Waals surface area contributed by atoms with Gasteiger partial charge in [-0.1, -0.05) is 0 Å². The summed E-state index contributed by atoms with van der Waals surface area (Å²) in [5, 5.41) is 0. The van der Waals surface area contributed by atoms with Gasteiger partial charge in [0.15, 0.2) is 6.67 Å². The Morgan fingerprint density at radius 1 is 1.38 bits per heavy atom. The van der Waals surface area contributed by atoms with Crippen molar-refractivity contribution in [3.8, 4) is 0 Å². The molecule has 7 heteroatoms. The average Bonchev–Trinajstić information content (AvgIpc) is 2.31. The fourth-order valence-electron chi connectivity index (χ4n) is 0.876. The van der Waals surface area contributed by atoms with Crippen molar-refractivity contribution in [1.82, 2.24) is 4.90 Å². The molecule has 1 N–H and O–H groups in total. The van der Waals surface area contributed by atoms with Gasteiger partial charge in [-0.15, -0.1) is 10.2 Å². The first-order chi connectivity index (χ1) is 5.83. The van der Waals surface area contributed by atoms with Crippen molar-refractivity contribution < 1.29 is 33.8 Å². The summed E-state index contributed by atoms with van der Waals surface area (Å²) >= 11 is 0. The maximum atomic E-state index is 8.49. The standard InChI is InChI=1S/C6H12N2.ClHO4/c1-3-8-5-4-7(2)6-8;2-1(3,4)5/h4-5H,3,6H2,1-2H3;(H,2,3,4,5).